The molecule has 2 unspecified atom stereocenters. The summed E-state index contributed by atoms with van der Waals surface area (Å²) in [5.41, 5.74) is 0. The van der Waals surface area contributed by atoms with Crippen LogP contribution in [0.2, 0.25) is 0 Å². The van der Waals surface area contributed by atoms with Gasteiger partial charge in [-0.25, -0.2) is 0 Å². The number of carbonyl (C=O) groups excluding carboxylic acids is 3. The van der Waals surface area contributed by atoms with E-state index in [-0.39, 0.29) is 38.6 Å². The minimum atomic E-state index is -1.63. The fourth-order valence-corrected chi connectivity index (χ4v) is 8.96. The lowest BCUT2D eigenvalue weighted by molar-refractivity contribution is -0.870. The molecule has 9 nitrogen and oxygen atoms in total. The Morgan fingerprint density at radius 1 is 0.383 bits per heavy atom. The Labute approximate surface area is 498 Å². The van der Waals surface area contributed by atoms with Gasteiger partial charge >= 0.3 is 11.9 Å². The Balaban J connectivity index is 4.11. The molecule has 0 aliphatic carbocycles. The van der Waals surface area contributed by atoms with E-state index in [0.29, 0.717) is 17.4 Å². The molecule has 0 heterocycles. The molecule has 0 aromatic carbocycles. The zero-order chi connectivity index (χ0) is 59.1. The van der Waals surface area contributed by atoms with E-state index >= 15 is 0 Å². The Bertz CT molecular complexity index is 1700. The van der Waals surface area contributed by atoms with E-state index in [1.807, 2.05) is 21.1 Å². The van der Waals surface area contributed by atoms with Crippen molar-refractivity contribution in [2.45, 2.75) is 283 Å². The summed E-state index contributed by atoms with van der Waals surface area (Å²) in [6.45, 7) is 4.62. The average Bonchev–Trinajstić information content (AvgIpc) is 3.44. The van der Waals surface area contributed by atoms with Gasteiger partial charge in [0.1, 0.15) is 13.2 Å². The van der Waals surface area contributed by atoms with Crippen molar-refractivity contribution in [3.8, 4) is 0 Å². The summed E-state index contributed by atoms with van der Waals surface area (Å²) in [7, 11) is 5.92. The molecule has 0 aromatic heterocycles. The number of rotatable bonds is 60. The number of hydrogen-bond acceptors (Lipinski definition) is 8. The number of carbonyl (C=O) groups is 3. The predicted octanol–water partition coefficient (Wildman–Crippen LogP) is 18.9. The summed E-state index contributed by atoms with van der Waals surface area (Å²) in [5, 5.41) is 11.8. The van der Waals surface area contributed by atoms with Crippen molar-refractivity contribution in [2.75, 3.05) is 47.5 Å². The molecule has 464 valence electrons. The summed E-state index contributed by atoms with van der Waals surface area (Å²) in [5.74, 6) is -2.29. The number of unbranched alkanes of at least 4 members (excludes halogenated alkanes) is 27. The standard InChI is InChI=1S/C72H123NO8/c1-6-8-10-12-14-16-18-20-22-24-26-27-28-29-30-31-32-33-34-35-36-37-38-39-40-41-42-43-45-47-49-51-53-55-57-59-61-63-70(75)81-68(67-80-72(71(76)77)78-65-64-73(3,4)5)66-79-69(74)62-60-58-56-54-52-50-48-46-44-25-23-21-19-17-15-13-11-9-7-2/h8,10,14-17,20-23,26-27,29-30,32-33,35-36,68,72H,6-7,9,11-13,18-19,24-25,28,31,34,37-67H2,1-5H3/b10-8-,16-14-,17-15-,22-20-,23-21-,27-26-,30-29-,33-32-,36-35-. The molecule has 0 saturated heterocycles. The predicted molar refractivity (Wildman–Crippen MR) is 343 cm³/mol. The van der Waals surface area contributed by atoms with Gasteiger partial charge in [0.2, 0.25) is 0 Å². The van der Waals surface area contributed by atoms with Crippen LogP contribution in [0.1, 0.15) is 271 Å². The van der Waals surface area contributed by atoms with Crippen LogP contribution in [0, 0.1) is 0 Å². The van der Waals surface area contributed by atoms with Crippen molar-refractivity contribution >= 4 is 17.9 Å². The van der Waals surface area contributed by atoms with Crippen molar-refractivity contribution in [1.82, 2.24) is 0 Å². The molecule has 0 aliphatic rings. The number of carboxylic acids is 1. The third kappa shape index (κ3) is 63.4. The highest BCUT2D eigenvalue weighted by Gasteiger charge is 2.22. The van der Waals surface area contributed by atoms with E-state index in [9.17, 15) is 19.5 Å². The van der Waals surface area contributed by atoms with Crippen LogP contribution in [0.5, 0.6) is 0 Å². The van der Waals surface area contributed by atoms with Gasteiger partial charge < -0.3 is 33.3 Å². The zero-order valence-electron chi connectivity index (χ0n) is 52.9. The molecule has 0 amide bonds. The maximum atomic E-state index is 12.9. The molecule has 0 rings (SSSR count). The normalized spacial score (nSPS) is 13.4. The fraction of sp³-hybridized carbons (Fsp3) is 0.708. The lowest BCUT2D eigenvalue weighted by Gasteiger charge is -2.26. The first-order chi connectivity index (χ1) is 39.6. The second-order valence-electron chi connectivity index (χ2n) is 23.0. The van der Waals surface area contributed by atoms with E-state index in [2.05, 4.69) is 123 Å². The zero-order valence-corrected chi connectivity index (χ0v) is 52.9. The van der Waals surface area contributed by atoms with Crippen LogP contribution < -0.4 is 5.11 Å². The van der Waals surface area contributed by atoms with Gasteiger partial charge in [-0.05, 0) is 103 Å². The Morgan fingerprint density at radius 2 is 0.704 bits per heavy atom. The summed E-state index contributed by atoms with van der Waals surface area (Å²) in [4.78, 5) is 37.4. The van der Waals surface area contributed by atoms with Gasteiger partial charge in [0.25, 0.3) is 0 Å². The molecule has 81 heavy (non-hydrogen) atoms. The van der Waals surface area contributed by atoms with Crippen LogP contribution >= 0.6 is 0 Å². The van der Waals surface area contributed by atoms with E-state index in [1.54, 1.807) is 0 Å². The minimum absolute atomic E-state index is 0.144. The number of nitrogens with zero attached hydrogens (tertiary/aromatic N) is 1. The first-order valence-electron chi connectivity index (χ1n) is 33.0. The van der Waals surface area contributed by atoms with Crippen LogP contribution in [-0.2, 0) is 33.3 Å². The van der Waals surface area contributed by atoms with Crippen molar-refractivity contribution in [1.29, 1.82) is 0 Å². The number of carboxylic acid groups (broad SMARTS) is 1. The molecule has 0 fully saturated rings. The van der Waals surface area contributed by atoms with E-state index in [0.717, 1.165) is 96.3 Å². The number of hydrogen-bond donors (Lipinski definition) is 0. The molecular formula is C72H123NO8. The number of aliphatic carboxylic acids is 1. The second-order valence-corrected chi connectivity index (χ2v) is 23.0. The van der Waals surface area contributed by atoms with E-state index < -0.39 is 24.3 Å². The Morgan fingerprint density at radius 3 is 1.05 bits per heavy atom. The highest BCUT2D eigenvalue weighted by molar-refractivity contribution is 5.70. The third-order valence-corrected chi connectivity index (χ3v) is 14.0. The average molecular weight is 1130 g/mol. The van der Waals surface area contributed by atoms with Crippen molar-refractivity contribution in [3.63, 3.8) is 0 Å². The van der Waals surface area contributed by atoms with Crippen molar-refractivity contribution < 1.29 is 42.9 Å². The maximum Gasteiger partial charge on any atom is 0.306 e. The van der Waals surface area contributed by atoms with Crippen molar-refractivity contribution in [2.24, 2.45) is 0 Å². The SMILES string of the molecule is CC/C=C\C/C=C\C/C=C\C/C=C\C/C=C\C/C=C\C/C=C\CCCCCCCCCCCCCCCCCC(=O)OC(COC(=O)CCCCCCCCCCC/C=C\C/C=C\CCCCC)COC(OCC[N+](C)(C)C)C(=O)[O-]. The molecule has 0 bridgehead atoms. The molecular weight excluding hydrogens is 1010 g/mol. The van der Waals surface area contributed by atoms with Gasteiger partial charge in [-0.3, -0.25) is 9.59 Å². The molecule has 9 heteroatoms. The van der Waals surface area contributed by atoms with Crippen molar-refractivity contribution in [3.05, 3.63) is 109 Å². The topological polar surface area (TPSA) is 111 Å². The van der Waals surface area contributed by atoms with Crippen LogP contribution in [0.3, 0.4) is 0 Å². The largest absolute Gasteiger partial charge is 0.545 e. The Hall–Kier alpha value is -4.05. The third-order valence-electron chi connectivity index (χ3n) is 14.0. The van der Waals surface area contributed by atoms with Gasteiger partial charge in [-0.15, -0.1) is 0 Å². The van der Waals surface area contributed by atoms with Gasteiger partial charge in [-0.1, -0.05) is 264 Å². The first-order valence-corrected chi connectivity index (χ1v) is 33.0. The lowest BCUT2D eigenvalue weighted by Crippen LogP contribution is -2.44. The van der Waals surface area contributed by atoms with Crippen LogP contribution in [0.15, 0.2) is 109 Å². The number of esters is 2. The number of likely N-dealkylation sites (N-methyl/N-ethyl adjacent to an activating group) is 1. The maximum absolute atomic E-state index is 12.9. The molecule has 0 aliphatic heterocycles. The molecule has 0 radical (unpaired) electrons. The van der Waals surface area contributed by atoms with Gasteiger partial charge in [0, 0.05) is 12.8 Å². The van der Waals surface area contributed by atoms with Crippen LogP contribution in [0.4, 0.5) is 0 Å². The second kappa shape index (κ2) is 62.0. The monoisotopic (exact) mass is 1130 g/mol. The summed E-state index contributed by atoms with van der Waals surface area (Å²) < 4.78 is 22.8. The van der Waals surface area contributed by atoms with E-state index in [1.165, 1.54) is 141 Å². The Kier molecular flexibility index (Phi) is 58.9. The summed E-state index contributed by atoms with van der Waals surface area (Å²) >= 11 is 0. The summed E-state index contributed by atoms with van der Waals surface area (Å²) in [6.07, 6.45) is 83.0. The van der Waals surface area contributed by atoms with Crippen LogP contribution in [0.25, 0.3) is 0 Å². The molecule has 0 aromatic rings. The lowest BCUT2D eigenvalue weighted by atomic mass is 10.0. The number of allylic oxidation sites excluding steroid dienone is 18. The van der Waals surface area contributed by atoms with Gasteiger partial charge in [-0.2, -0.15) is 0 Å². The fourth-order valence-electron chi connectivity index (χ4n) is 8.96. The number of ether oxygens (including phenoxy) is 4. The quantitative estimate of drug-likeness (QED) is 0.0195. The van der Waals surface area contributed by atoms with Crippen LogP contribution in [-0.4, -0.2) is 82.3 Å². The minimum Gasteiger partial charge on any atom is -0.545 e. The van der Waals surface area contributed by atoms with Gasteiger partial charge in [0.05, 0.1) is 40.3 Å². The van der Waals surface area contributed by atoms with E-state index in [4.69, 9.17) is 18.9 Å². The highest BCUT2D eigenvalue weighted by Crippen LogP contribution is 2.16. The highest BCUT2D eigenvalue weighted by atomic mass is 16.7. The molecule has 0 spiro atoms. The molecule has 0 saturated carbocycles. The molecule has 2 atom stereocenters. The summed E-state index contributed by atoms with van der Waals surface area (Å²) in [6, 6.07) is 0. The molecule has 0 N–H and O–H groups in total. The smallest absolute Gasteiger partial charge is 0.306 e. The first kappa shape index (κ1) is 77.0. The van der Waals surface area contributed by atoms with Gasteiger partial charge in [0.15, 0.2) is 12.4 Å². The number of quaternary nitrogens is 1.